The van der Waals surface area contributed by atoms with Gasteiger partial charge in [0, 0.05) is 13.6 Å². The first-order valence-electron chi connectivity index (χ1n) is 6.34. The maximum Gasteiger partial charge on any atom is 0.295 e. The lowest BCUT2D eigenvalue weighted by molar-refractivity contribution is 0.0768. The zero-order valence-corrected chi connectivity index (χ0v) is 11.0. The molecule has 2 heterocycles. The predicted molar refractivity (Wildman–Crippen MR) is 66.0 cm³/mol. The summed E-state index contributed by atoms with van der Waals surface area (Å²) in [6.45, 7) is 3.07. The van der Waals surface area contributed by atoms with E-state index >= 15 is 0 Å². The number of carbonyl (C=O) groups excluding carboxylic acids is 1. The molecule has 100 valence electrons. The van der Waals surface area contributed by atoms with E-state index in [9.17, 15) is 4.79 Å². The molecule has 1 amide bonds. The van der Waals surface area contributed by atoms with Crippen LogP contribution >= 0.6 is 0 Å². The smallest absolute Gasteiger partial charge is 0.295 e. The third kappa shape index (κ3) is 3.25. The molecule has 18 heavy (non-hydrogen) atoms. The average molecular weight is 252 g/mol. The number of hydrogen-bond donors (Lipinski definition) is 1. The van der Waals surface area contributed by atoms with Crippen LogP contribution in [0.3, 0.4) is 0 Å². The predicted octanol–water partition coefficient (Wildman–Crippen LogP) is 0.00360. The first kappa shape index (κ1) is 12.9. The van der Waals surface area contributed by atoms with Gasteiger partial charge in [0.15, 0.2) is 0 Å². The molecular formula is C11H20N6O. The van der Waals surface area contributed by atoms with Crippen LogP contribution in [0.15, 0.2) is 0 Å². The summed E-state index contributed by atoms with van der Waals surface area (Å²) in [5, 5.41) is 13.1. The molecule has 2 rings (SSSR count). The summed E-state index contributed by atoms with van der Waals surface area (Å²) >= 11 is 0. The quantitative estimate of drug-likeness (QED) is 0.816. The summed E-state index contributed by atoms with van der Waals surface area (Å²) in [6, 6.07) is 0. The molecule has 1 aromatic heterocycles. The molecule has 0 radical (unpaired) electrons. The van der Waals surface area contributed by atoms with E-state index in [1.54, 1.807) is 11.9 Å². The highest BCUT2D eigenvalue weighted by molar-refractivity contribution is 5.89. The minimum Gasteiger partial charge on any atom is -0.339 e. The second-order valence-electron chi connectivity index (χ2n) is 5.00. The molecule has 1 aliphatic heterocycles. The maximum absolute atomic E-state index is 11.9. The Morgan fingerprint density at radius 1 is 1.50 bits per heavy atom. The van der Waals surface area contributed by atoms with Crippen molar-refractivity contribution in [2.24, 2.45) is 5.92 Å². The SMILES string of the molecule is CN1CCC(CCN(C)C(=O)c2nn[nH]n2)CC1. The number of tetrazole rings is 1. The Hall–Kier alpha value is -1.50. The summed E-state index contributed by atoms with van der Waals surface area (Å²) in [6.07, 6.45) is 3.50. The van der Waals surface area contributed by atoms with Gasteiger partial charge < -0.3 is 9.80 Å². The molecule has 1 aromatic rings. The van der Waals surface area contributed by atoms with E-state index in [4.69, 9.17) is 0 Å². The van der Waals surface area contributed by atoms with E-state index in [-0.39, 0.29) is 11.7 Å². The van der Waals surface area contributed by atoms with Gasteiger partial charge in [0.25, 0.3) is 11.7 Å². The Morgan fingerprint density at radius 3 is 2.83 bits per heavy atom. The molecule has 0 saturated carbocycles. The van der Waals surface area contributed by atoms with Crippen LogP contribution in [0.25, 0.3) is 0 Å². The van der Waals surface area contributed by atoms with Crippen LogP contribution in [-0.4, -0.2) is 70.1 Å². The molecule has 0 bridgehead atoms. The van der Waals surface area contributed by atoms with Gasteiger partial charge in [-0.2, -0.15) is 5.21 Å². The van der Waals surface area contributed by atoms with Crippen molar-refractivity contribution in [3.63, 3.8) is 0 Å². The second kappa shape index (κ2) is 5.90. The molecule has 1 aliphatic rings. The number of rotatable bonds is 4. The number of aromatic amines is 1. The maximum atomic E-state index is 11.9. The number of piperidine rings is 1. The van der Waals surface area contributed by atoms with Gasteiger partial charge in [-0.15, -0.1) is 10.2 Å². The molecule has 1 fully saturated rings. The Labute approximate surface area is 107 Å². The molecule has 0 unspecified atom stereocenters. The average Bonchev–Trinajstić information content (AvgIpc) is 2.90. The number of likely N-dealkylation sites (tertiary alicyclic amines) is 1. The standard InChI is InChI=1S/C11H20N6O/c1-16-6-3-9(4-7-16)5-8-17(2)11(18)10-12-14-15-13-10/h9H,3-8H2,1-2H3,(H,12,13,14,15). The van der Waals surface area contributed by atoms with E-state index in [1.165, 1.54) is 12.8 Å². The van der Waals surface area contributed by atoms with E-state index in [1.807, 2.05) is 0 Å². The fourth-order valence-corrected chi connectivity index (χ4v) is 2.25. The van der Waals surface area contributed by atoms with Crippen molar-refractivity contribution in [1.29, 1.82) is 0 Å². The van der Waals surface area contributed by atoms with Crippen LogP contribution in [0.4, 0.5) is 0 Å². The molecule has 0 aliphatic carbocycles. The number of aromatic nitrogens is 4. The van der Waals surface area contributed by atoms with Gasteiger partial charge in [0.1, 0.15) is 0 Å². The lowest BCUT2D eigenvalue weighted by Crippen LogP contribution is -2.34. The van der Waals surface area contributed by atoms with Crippen molar-refractivity contribution in [1.82, 2.24) is 30.4 Å². The number of amides is 1. The van der Waals surface area contributed by atoms with Crippen molar-refractivity contribution < 1.29 is 4.79 Å². The molecular weight excluding hydrogens is 232 g/mol. The largest absolute Gasteiger partial charge is 0.339 e. The number of nitrogens with one attached hydrogen (secondary N) is 1. The summed E-state index contributed by atoms with van der Waals surface area (Å²) in [5.41, 5.74) is 0. The van der Waals surface area contributed by atoms with Crippen molar-refractivity contribution in [3.8, 4) is 0 Å². The molecule has 7 heteroatoms. The molecule has 0 aromatic carbocycles. The topological polar surface area (TPSA) is 78.0 Å². The highest BCUT2D eigenvalue weighted by atomic mass is 16.2. The van der Waals surface area contributed by atoms with Gasteiger partial charge in [0.05, 0.1) is 0 Å². The third-order valence-corrected chi connectivity index (χ3v) is 3.59. The third-order valence-electron chi connectivity index (χ3n) is 3.59. The summed E-state index contributed by atoms with van der Waals surface area (Å²) in [7, 11) is 3.94. The first-order valence-corrected chi connectivity index (χ1v) is 6.34. The zero-order chi connectivity index (χ0) is 13.0. The monoisotopic (exact) mass is 252 g/mol. The number of H-pyrrole nitrogens is 1. The van der Waals surface area contributed by atoms with Crippen LogP contribution in [0.1, 0.15) is 29.9 Å². The van der Waals surface area contributed by atoms with Gasteiger partial charge >= 0.3 is 0 Å². The fraction of sp³-hybridized carbons (Fsp3) is 0.818. The second-order valence-corrected chi connectivity index (χ2v) is 5.00. The molecule has 1 saturated heterocycles. The van der Waals surface area contributed by atoms with E-state index in [0.29, 0.717) is 0 Å². The van der Waals surface area contributed by atoms with Crippen molar-refractivity contribution in [2.75, 3.05) is 33.7 Å². The van der Waals surface area contributed by atoms with Crippen molar-refractivity contribution >= 4 is 5.91 Å². The highest BCUT2D eigenvalue weighted by Gasteiger charge is 2.20. The van der Waals surface area contributed by atoms with Crippen LogP contribution < -0.4 is 0 Å². The molecule has 1 N–H and O–H groups in total. The van der Waals surface area contributed by atoms with Crippen molar-refractivity contribution in [2.45, 2.75) is 19.3 Å². The fourth-order valence-electron chi connectivity index (χ4n) is 2.25. The number of carbonyl (C=O) groups is 1. The van der Waals surface area contributed by atoms with Crippen LogP contribution in [-0.2, 0) is 0 Å². The van der Waals surface area contributed by atoms with Crippen LogP contribution in [0.5, 0.6) is 0 Å². The van der Waals surface area contributed by atoms with E-state index in [2.05, 4.69) is 32.6 Å². The lowest BCUT2D eigenvalue weighted by Gasteiger charge is -2.29. The summed E-state index contributed by atoms with van der Waals surface area (Å²) < 4.78 is 0. The van der Waals surface area contributed by atoms with Gasteiger partial charge in [-0.05, 0) is 50.5 Å². The Balaban J connectivity index is 1.75. The van der Waals surface area contributed by atoms with Crippen molar-refractivity contribution in [3.05, 3.63) is 5.82 Å². The van der Waals surface area contributed by atoms with Gasteiger partial charge in [0.2, 0.25) is 0 Å². The van der Waals surface area contributed by atoms with Gasteiger partial charge in [-0.3, -0.25) is 4.79 Å². The minimum atomic E-state index is -0.170. The molecule has 7 nitrogen and oxygen atoms in total. The summed E-state index contributed by atoms with van der Waals surface area (Å²) in [4.78, 5) is 15.9. The van der Waals surface area contributed by atoms with Gasteiger partial charge in [-0.25, -0.2) is 0 Å². The summed E-state index contributed by atoms with van der Waals surface area (Å²) in [5.74, 6) is 0.694. The molecule has 0 spiro atoms. The Morgan fingerprint density at radius 2 is 2.22 bits per heavy atom. The highest BCUT2D eigenvalue weighted by Crippen LogP contribution is 2.19. The normalized spacial score (nSPS) is 17.9. The van der Waals surface area contributed by atoms with E-state index < -0.39 is 0 Å². The number of hydrogen-bond acceptors (Lipinski definition) is 5. The minimum absolute atomic E-state index is 0.140. The van der Waals surface area contributed by atoms with E-state index in [0.717, 1.165) is 32.0 Å². The van der Waals surface area contributed by atoms with Crippen LogP contribution in [0, 0.1) is 5.92 Å². The van der Waals surface area contributed by atoms with Crippen LogP contribution in [0.2, 0.25) is 0 Å². The zero-order valence-electron chi connectivity index (χ0n) is 11.0. The Kier molecular flexibility index (Phi) is 4.24. The lowest BCUT2D eigenvalue weighted by atomic mass is 9.94. The molecule has 0 atom stereocenters. The van der Waals surface area contributed by atoms with Gasteiger partial charge in [-0.1, -0.05) is 0 Å². The Bertz CT molecular complexity index is 371. The number of nitrogens with zero attached hydrogens (tertiary/aromatic N) is 5. The first-order chi connectivity index (χ1) is 8.66.